The second-order valence-corrected chi connectivity index (χ2v) is 3.44. The molecule has 2 heterocycles. The van der Waals surface area contributed by atoms with Crippen molar-refractivity contribution in [1.82, 2.24) is 9.97 Å². The monoisotopic (exact) mass is 212 g/mol. The molecule has 0 aliphatic carbocycles. The summed E-state index contributed by atoms with van der Waals surface area (Å²) in [7, 11) is 0. The lowest BCUT2D eigenvalue weighted by molar-refractivity contribution is -0.117. The molecule has 1 fully saturated rings. The lowest BCUT2D eigenvalue weighted by Gasteiger charge is -2.13. The molecule has 0 aromatic carbocycles. The molecule has 0 bridgehead atoms. The number of carbonyl (C=O) groups excluding carboxylic acids is 1. The maximum atomic E-state index is 11.6. The molecule has 1 atom stereocenters. The lowest BCUT2D eigenvalue weighted by Crippen LogP contribution is -2.25. The minimum Gasteiger partial charge on any atom is -0.294 e. The molecule has 2 rings (SSSR count). The van der Waals surface area contributed by atoms with Crippen LogP contribution in [0.3, 0.4) is 0 Å². The van der Waals surface area contributed by atoms with Gasteiger partial charge in [-0.1, -0.05) is 0 Å². The SMILES string of the molecule is C#CC1CC(=O)N(c2cnc(C#N)cn2)C1. The summed E-state index contributed by atoms with van der Waals surface area (Å²) in [5.74, 6) is 2.88. The van der Waals surface area contributed by atoms with E-state index in [0.717, 1.165) is 0 Å². The zero-order valence-corrected chi connectivity index (χ0v) is 8.42. The quantitative estimate of drug-likeness (QED) is 0.629. The zero-order chi connectivity index (χ0) is 11.5. The van der Waals surface area contributed by atoms with E-state index in [1.54, 1.807) is 0 Å². The van der Waals surface area contributed by atoms with Gasteiger partial charge in [0.15, 0.2) is 11.5 Å². The summed E-state index contributed by atoms with van der Waals surface area (Å²) < 4.78 is 0. The van der Waals surface area contributed by atoms with Crippen LogP contribution in [0.1, 0.15) is 12.1 Å². The van der Waals surface area contributed by atoms with Crippen LogP contribution in [0.5, 0.6) is 0 Å². The molecule has 78 valence electrons. The Morgan fingerprint density at radius 2 is 2.31 bits per heavy atom. The van der Waals surface area contributed by atoms with Crippen molar-refractivity contribution in [3.63, 3.8) is 0 Å². The first kappa shape index (κ1) is 10.1. The highest BCUT2D eigenvalue weighted by Gasteiger charge is 2.30. The van der Waals surface area contributed by atoms with Gasteiger partial charge in [0.25, 0.3) is 0 Å². The molecule has 1 aliphatic heterocycles. The number of anilines is 1. The average molecular weight is 212 g/mol. The third kappa shape index (κ3) is 1.71. The maximum Gasteiger partial charge on any atom is 0.229 e. The Balaban J connectivity index is 2.23. The van der Waals surface area contributed by atoms with Gasteiger partial charge in [0, 0.05) is 18.9 Å². The first-order valence-corrected chi connectivity index (χ1v) is 4.73. The van der Waals surface area contributed by atoms with E-state index >= 15 is 0 Å². The van der Waals surface area contributed by atoms with E-state index < -0.39 is 0 Å². The maximum absolute atomic E-state index is 11.6. The summed E-state index contributed by atoms with van der Waals surface area (Å²) >= 11 is 0. The van der Waals surface area contributed by atoms with Crippen molar-refractivity contribution >= 4 is 11.7 Å². The van der Waals surface area contributed by atoms with Crippen LogP contribution >= 0.6 is 0 Å². The van der Waals surface area contributed by atoms with Crippen LogP contribution in [-0.4, -0.2) is 22.4 Å². The number of hydrogen-bond acceptors (Lipinski definition) is 4. The molecule has 1 aromatic rings. The number of carbonyl (C=O) groups is 1. The molecule has 1 aromatic heterocycles. The fraction of sp³-hybridized carbons (Fsp3) is 0.273. The fourth-order valence-corrected chi connectivity index (χ4v) is 1.56. The van der Waals surface area contributed by atoms with Gasteiger partial charge >= 0.3 is 0 Å². The van der Waals surface area contributed by atoms with Crippen LogP contribution < -0.4 is 4.90 Å². The zero-order valence-electron chi connectivity index (χ0n) is 8.42. The van der Waals surface area contributed by atoms with Crippen LogP contribution in [-0.2, 0) is 4.79 Å². The molecule has 0 radical (unpaired) electrons. The molecule has 5 nitrogen and oxygen atoms in total. The van der Waals surface area contributed by atoms with Crippen molar-refractivity contribution in [2.24, 2.45) is 5.92 Å². The summed E-state index contributed by atoms with van der Waals surface area (Å²) in [6, 6.07) is 1.87. The molecular formula is C11H8N4O. The molecule has 5 heteroatoms. The van der Waals surface area contributed by atoms with E-state index in [9.17, 15) is 4.79 Å². The largest absolute Gasteiger partial charge is 0.294 e. The Kier molecular flexibility index (Phi) is 2.53. The van der Waals surface area contributed by atoms with Crippen molar-refractivity contribution in [3.05, 3.63) is 18.1 Å². The first-order chi connectivity index (χ1) is 7.74. The molecule has 16 heavy (non-hydrogen) atoms. The predicted molar refractivity (Wildman–Crippen MR) is 56.0 cm³/mol. The smallest absolute Gasteiger partial charge is 0.229 e. The topological polar surface area (TPSA) is 69.9 Å². The summed E-state index contributed by atoms with van der Waals surface area (Å²) in [5.41, 5.74) is 0.226. The summed E-state index contributed by atoms with van der Waals surface area (Å²) in [5, 5.41) is 8.57. The van der Waals surface area contributed by atoms with E-state index in [0.29, 0.717) is 18.8 Å². The van der Waals surface area contributed by atoms with Crippen molar-refractivity contribution in [3.8, 4) is 18.4 Å². The first-order valence-electron chi connectivity index (χ1n) is 4.73. The Hall–Kier alpha value is -2.40. The number of aromatic nitrogens is 2. The van der Waals surface area contributed by atoms with Gasteiger partial charge in [0.1, 0.15) is 6.07 Å². The fourth-order valence-electron chi connectivity index (χ4n) is 1.56. The summed E-state index contributed by atoms with van der Waals surface area (Å²) in [4.78, 5) is 21.0. The van der Waals surface area contributed by atoms with E-state index in [-0.39, 0.29) is 17.5 Å². The second kappa shape index (κ2) is 4.00. The number of rotatable bonds is 1. The lowest BCUT2D eigenvalue weighted by atomic mass is 10.1. The second-order valence-electron chi connectivity index (χ2n) is 3.44. The van der Waals surface area contributed by atoms with Crippen LogP contribution in [0.25, 0.3) is 0 Å². The summed E-state index contributed by atoms with van der Waals surface area (Å²) in [6.45, 7) is 0.468. The van der Waals surface area contributed by atoms with Crippen molar-refractivity contribution in [2.75, 3.05) is 11.4 Å². The highest BCUT2D eigenvalue weighted by Crippen LogP contribution is 2.21. The van der Waals surface area contributed by atoms with Gasteiger partial charge in [-0.2, -0.15) is 5.26 Å². The molecule has 1 amide bonds. The highest BCUT2D eigenvalue weighted by molar-refractivity contribution is 5.95. The van der Waals surface area contributed by atoms with Gasteiger partial charge in [0.2, 0.25) is 5.91 Å². The van der Waals surface area contributed by atoms with Gasteiger partial charge < -0.3 is 0 Å². The van der Waals surface area contributed by atoms with Crippen LogP contribution in [0.2, 0.25) is 0 Å². The van der Waals surface area contributed by atoms with Crippen LogP contribution in [0.15, 0.2) is 12.4 Å². The number of nitrogens with zero attached hydrogens (tertiary/aromatic N) is 4. The van der Waals surface area contributed by atoms with Crippen molar-refractivity contribution < 1.29 is 4.79 Å². The molecule has 0 saturated carbocycles. The normalized spacial score (nSPS) is 19.2. The Bertz CT molecular complexity index is 494. The summed E-state index contributed by atoms with van der Waals surface area (Å²) in [6.07, 6.45) is 8.37. The highest BCUT2D eigenvalue weighted by atomic mass is 16.2. The molecule has 1 saturated heterocycles. The minimum absolute atomic E-state index is 0.0537. The van der Waals surface area contributed by atoms with E-state index in [4.69, 9.17) is 11.7 Å². The van der Waals surface area contributed by atoms with Gasteiger partial charge in [-0.25, -0.2) is 9.97 Å². The van der Waals surface area contributed by atoms with E-state index in [1.807, 2.05) is 6.07 Å². The molecule has 1 aliphatic rings. The molecule has 0 N–H and O–H groups in total. The van der Waals surface area contributed by atoms with Gasteiger partial charge in [-0.15, -0.1) is 12.3 Å². The number of hydrogen-bond donors (Lipinski definition) is 0. The number of amides is 1. The third-order valence-electron chi connectivity index (χ3n) is 2.39. The van der Waals surface area contributed by atoms with E-state index in [2.05, 4.69) is 15.9 Å². The number of nitriles is 1. The Morgan fingerprint density at radius 1 is 1.50 bits per heavy atom. The standard InChI is InChI=1S/C11H8N4O/c1-2-8-3-11(16)15(7-8)10-6-13-9(4-12)5-14-10/h1,5-6,8H,3,7H2. The Morgan fingerprint density at radius 3 is 2.81 bits per heavy atom. The predicted octanol–water partition coefficient (Wildman–Crippen LogP) is 0.334. The van der Waals surface area contributed by atoms with Crippen LogP contribution in [0, 0.1) is 29.6 Å². The van der Waals surface area contributed by atoms with Crippen LogP contribution in [0.4, 0.5) is 5.82 Å². The minimum atomic E-state index is -0.0649. The molecule has 1 unspecified atom stereocenters. The number of terminal acetylenes is 1. The van der Waals surface area contributed by atoms with Gasteiger partial charge in [-0.3, -0.25) is 9.69 Å². The van der Waals surface area contributed by atoms with Crippen molar-refractivity contribution in [1.29, 1.82) is 5.26 Å². The molecule has 0 spiro atoms. The molecular weight excluding hydrogens is 204 g/mol. The van der Waals surface area contributed by atoms with Crippen molar-refractivity contribution in [2.45, 2.75) is 6.42 Å². The average Bonchev–Trinajstić information content (AvgIpc) is 2.71. The third-order valence-corrected chi connectivity index (χ3v) is 2.39. The van der Waals surface area contributed by atoms with Gasteiger partial charge in [-0.05, 0) is 0 Å². The van der Waals surface area contributed by atoms with E-state index in [1.165, 1.54) is 17.3 Å². The van der Waals surface area contributed by atoms with Gasteiger partial charge in [0.05, 0.1) is 12.4 Å². The Labute approximate surface area is 92.7 Å².